The highest BCUT2D eigenvalue weighted by atomic mass is 19.1. The van der Waals surface area contributed by atoms with Gasteiger partial charge >= 0.3 is 0 Å². The summed E-state index contributed by atoms with van der Waals surface area (Å²) in [6.07, 6.45) is 9.84. The summed E-state index contributed by atoms with van der Waals surface area (Å²) in [6.45, 7) is 2.75. The lowest BCUT2D eigenvalue weighted by atomic mass is 9.82. The molecular weight excluding hydrogens is 347 g/mol. The van der Waals surface area contributed by atoms with E-state index in [-0.39, 0.29) is 30.0 Å². The SMILES string of the molecule is O=C(NC1CNN(CC2CCCCC2)C1)C1CC(C2CCCC(F)C2)ON1. The molecule has 27 heavy (non-hydrogen) atoms. The van der Waals surface area contributed by atoms with E-state index >= 15 is 0 Å². The maximum Gasteiger partial charge on any atom is 0.239 e. The van der Waals surface area contributed by atoms with Crippen LogP contribution in [-0.4, -0.2) is 54.9 Å². The van der Waals surface area contributed by atoms with Crippen molar-refractivity contribution in [2.24, 2.45) is 11.8 Å². The van der Waals surface area contributed by atoms with E-state index in [0.717, 1.165) is 38.4 Å². The lowest BCUT2D eigenvalue weighted by Crippen LogP contribution is -2.47. The van der Waals surface area contributed by atoms with Gasteiger partial charge in [-0.05, 0) is 43.9 Å². The van der Waals surface area contributed by atoms with Crippen molar-refractivity contribution in [1.29, 1.82) is 0 Å². The molecule has 1 amide bonds. The highest BCUT2D eigenvalue weighted by Crippen LogP contribution is 2.33. The van der Waals surface area contributed by atoms with Gasteiger partial charge in [-0.25, -0.2) is 9.40 Å². The van der Waals surface area contributed by atoms with Crippen LogP contribution in [0.4, 0.5) is 4.39 Å². The fourth-order valence-electron chi connectivity index (χ4n) is 5.30. The molecule has 0 radical (unpaired) electrons. The van der Waals surface area contributed by atoms with E-state index in [1.807, 2.05) is 0 Å². The third kappa shape index (κ3) is 5.19. The predicted molar refractivity (Wildman–Crippen MR) is 101 cm³/mol. The summed E-state index contributed by atoms with van der Waals surface area (Å²) in [7, 11) is 0. The van der Waals surface area contributed by atoms with Gasteiger partial charge in [0.15, 0.2) is 0 Å². The van der Waals surface area contributed by atoms with Crippen LogP contribution in [0.3, 0.4) is 0 Å². The minimum Gasteiger partial charge on any atom is -0.349 e. The first-order valence-corrected chi connectivity index (χ1v) is 11.0. The average Bonchev–Trinajstić information content (AvgIpc) is 3.32. The van der Waals surface area contributed by atoms with Crippen molar-refractivity contribution in [2.75, 3.05) is 19.6 Å². The number of hydrogen-bond donors (Lipinski definition) is 3. The van der Waals surface area contributed by atoms with Crippen LogP contribution in [0.5, 0.6) is 0 Å². The summed E-state index contributed by atoms with van der Waals surface area (Å²) in [5.74, 6) is 1.04. The fraction of sp³-hybridized carbons (Fsp3) is 0.950. The van der Waals surface area contributed by atoms with Crippen LogP contribution < -0.4 is 16.2 Å². The zero-order valence-corrected chi connectivity index (χ0v) is 16.3. The number of amides is 1. The minimum absolute atomic E-state index is 0.0106. The summed E-state index contributed by atoms with van der Waals surface area (Å²) < 4.78 is 13.7. The van der Waals surface area contributed by atoms with Gasteiger partial charge in [0, 0.05) is 26.1 Å². The van der Waals surface area contributed by atoms with Gasteiger partial charge in [-0.2, -0.15) is 5.48 Å². The summed E-state index contributed by atoms with van der Waals surface area (Å²) in [4.78, 5) is 18.3. The highest BCUT2D eigenvalue weighted by molar-refractivity contribution is 5.82. The third-order valence-corrected chi connectivity index (χ3v) is 6.87. The van der Waals surface area contributed by atoms with E-state index in [4.69, 9.17) is 4.84 Å². The van der Waals surface area contributed by atoms with Gasteiger partial charge < -0.3 is 5.32 Å². The Balaban J connectivity index is 1.18. The molecule has 7 heteroatoms. The third-order valence-electron chi connectivity index (χ3n) is 6.87. The Morgan fingerprint density at radius 3 is 2.78 bits per heavy atom. The van der Waals surface area contributed by atoms with E-state index in [0.29, 0.717) is 19.3 Å². The Morgan fingerprint density at radius 2 is 1.96 bits per heavy atom. The van der Waals surface area contributed by atoms with Crippen molar-refractivity contribution < 1.29 is 14.0 Å². The molecule has 3 N–H and O–H groups in total. The first-order chi connectivity index (χ1) is 13.2. The number of halogens is 1. The summed E-state index contributed by atoms with van der Waals surface area (Å²) in [5.41, 5.74) is 6.34. The number of hydrazine groups is 1. The number of nitrogens with one attached hydrogen (secondary N) is 3. The van der Waals surface area contributed by atoms with Crippen LogP contribution in [0.1, 0.15) is 64.2 Å². The Morgan fingerprint density at radius 1 is 1.11 bits per heavy atom. The number of carbonyl (C=O) groups excluding carboxylic acids is 1. The molecular formula is C20H35FN4O2. The van der Waals surface area contributed by atoms with Gasteiger partial charge in [-0.1, -0.05) is 25.7 Å². The van der Waals surface area contributed by atoms with Crippen molar-refractivity contribution in [3.05, 3.63) is 0 Å². The molecule has 0 bridgehead atoms. The van der Waals surface area contributed by atoms with Crippen LogP contribution in [-0.2, 0) is 9.63 Å². The van der Waals surface area contributed by atoms with Gasteiger partial charge in [0.1, 0.15) is 12.2 Å². The molecule has 2 aliphatic heterocycles. The Labute approximate surface area is 161 Å². The van der Waals surface area contributed by atoms with Gasteiger partial charge in [0.2, 0.25) is 5.91 Å². The van der Waals surface area contributed by atoms with E-state index in [9.17, 15) is 9.18 Å². The van der Waals surface area contributed by atoms with Gasteiger partial charge in [-0.15, -0.1) is 0 Å². The predicted octanol–water partition coefficient (Wildman–Crippen LogP) is 2.06. The Kier molecular flexibility index (Phi) is 6.63. The second-order valence-electron chi connectivity index (χ2n) is 9.06. The number of hydroxylamine groups is 1. The number of hydrogen-bond acceptors (Lipinski definition) is 5. The highest BCUT2D eigenvalue weighted by Gasteiger charge is 2.38. The molecule has 2 heterocycles. The molecule has 4 fully saturated rings. The zero-order chi connectivity index (χ0) is 18.6. The van der Waals surface area contributed by atoms with Gasteiger partial charge in [0.25, 0.3) is 0 Å². The lowest BCUT2D eigenvalue weighted by molar-refractivity contribution is -0.125. The molecule has 4 rings (SSSR count). The van der Waals surface area contributed by atoms with Crippen molar-refractivity contribution in [3.63, 3.8) is 0 Å². The first-order valence-electron chi connectivity index (χ1n) is 11.0. The molecule has 0 spiro atoms. The molecule has 154 valence electrons. The molecule has 2 saturated heterocycles. The largest absolute Gasteiger partial charge is 0.349 e. The topological polar surface area (TPSA) is 65.6 Å². The van der Waals surface area contributed by atoms with Crippen molar-refractivity contribution in [3.8, 4) is 0 Å². The molecule has 2 saturated carbocycles. The van der Waals surface area contributed by atoms with Crippen molar-refractivity contribution in [1.82, 2.24) is 21.2 Å². The molecule has 2 aliphatic carbocycles. The second-order valence-corrected chi connectivity index (χ2v) is 9.06. The minimum atomic E-state index is -0.708. The number of alkyl halides is 1. The maximum absolute atomic E-state index is 13.7. The van der Waals surface area contributed by atoms with Crippen LogP contribution in [0.15, 0.2) is 0 Å². The number of carbonyl (C=O) groups is 1. The summed E-state index contributed by atoms with van der Waals surface area (Å²) >= 11 is 0. The van der Waals surface area contributed by atoms with Crippen molar-refractivity contribution >= 4 is 5.91 Å². The molecule has 0 aromatic heterocycles. The molecule has 0 aromatic rings. The van der Waals surface area contributed by atoms with E-state index in [1.54, 1.807) is 0 Å². The number of rotatable bonds is 5. The quantitative estimate of drug-likeness (QED) is 0.679. The van der Waals surface area contributed by atoms with E-state index < -0.39 is 6.17 Å². The van der Waals surface area contributed by atoms with Crippen LogP contribution in [0, 0.1) is 11.8 Å². The molecule has 5 atom stereocenters. The molecule has 0 aromatic carbocycles. The van der Waals surface area contributed by atoms with Gasteiger partial charge in [-0.3, -0.25) is 15.1 Å². The molecule has 4 aliphatic rings. The summed E-state index contributed by atoms with van der Waals surface area (Å²) in [6, 6.07) is -0.172. The molecule has 6 nitrogen and oxygen atoms in total. The molecule has 5 unspecified atom stereocenters. The Hall–Kier alpha value is -0.760. The smallest absolute Gasteiger partial charge is 0.239 e. The Bertz CT molecular complexity index is 502. The number of nitrogens with zero attached hydrogens (tertiary/aromatic N) is 1. The van der Waals surface area contributed by atoms with Crippen LogP contribution in [0.25, 0.3) is 0 Å². The van der Waals surface area contributed by atoms with Crippen LogP contribution in [0.2, 0.25) is 0 Å². The monoisotopic (exact) mass is 382 g/mol. The van der Waals surface area contributed by atoms with E-state index in [2.05, 4.69) is 21.2 Å². The normalized spacial score (nSPS) is 38.9. The van der Waals surface area contributed by atoms with Crippen LogP contribution >= 0.6 is 0 Å². The average molecular weight is 383 g/mol. The lowest BCUT2D eigenvalue weighted by Gasteiger charge is -2.28. The van der Waals surface area contributed by atoms with E-state index in [1.165, 1.54) is 32.1 Å². The first kappa shape index (κ1) is 19.6. The maximum atomic E-state index is 13.7. The fourth-order valence-corrected chi connectivity index (χ4v) is 5.30. The van der Waals surface area contributed by atoms with Gasteiger partial charge in [0.05, 0.1) is 12.1 Å². The zero-order valence-electron chi connectivity index (χ0n) is 16.3. The second kappa shape index (κ2) is 9.16. The standard InChI is InChI=1S/C20H35FN4O2/c21-16-8-4-7-15(9-16)19-10-18(24-27-19)20(26)23-17-11-22-25(13-17)12-14-5-2-1-3-6-14/h14-19,22,24H,1-13H2,(H,23,26). The summed E-state index contributed by atoms with van der Waals surface area (Å²) in [5, 5.41) is 5.44. The van der Waals surface area contributed by atoms with Crippen molar-refractivity contribution in [2.45, 2.75) is 88.6 Å².